The normalized spacial score (nSPS) is 20.7. The van der Waals surface area contributed by atoms with Crippen molar-refractivity contribution in [2.75, 3.05) is 32.7 Å². The van der Waals surface area contributed by atoms with Crippen LogP contribution in [0.3, 0.4) is 0 Å². The minimum absolute atomic E-state index is 0.232. The molecule has 3 heterocycles. The maximum absolute atomic E-state index is 11.4. The second-order valence-electron chi connectivity index (χ2n) is 8.38. The molecule has 5 nitrogen and oxygen atoms in total. The highest BCUT2D eigenvalue weighted by molar-refractivity contribution is 5.73. The van der Waals surface area contributed by atoms with Gasteiger partial charge in [0.15, 0.2) is 0 Å². The highest BCUT2D eigenvalue weighted by atomic mass is 16.2. The van der Waals surface area contributed by atoms with Gasteiger partial charge in [0.25, 0.3) is 0 Å². The Hall–Kier alpha value is -1.49. The first-order valence-electron chi connectivity index (χ1n) is 10.3. The molecule has 0 bridgehead atoms. The standard InChI is InChI=1S/C21H34N4O/c1-16(2)21-22-14-20(15-23-21)19-7-10-24(11-8-19)9-4-18-5-12-25(13-6-18)17(3)26/h14-16,18-19H,4-13H2,1-3H3. The van der Waals surface area contributed by atoms with E-state index in [0.29, 0.717) is 11.8 Å². The minimum Gasteiger partial charge on any atom is -0.343 e. The van der Waals surface area contributed by atoms with E-state index in [1.807, 2.05) is 17.3 Å². The molecule has 1 aromatic rings. The fraction of sp³-hybridized carbons (Fsp3) is 0.762. The Labute approximate surface area is 158 Å². The molecule has 2 aliphatic heterocycles. The fourth-order valence-electron chi connectivity index (χ4n) is 4.25. The number of carbonyl (C=O) groups is 1. The second-order valence-corrected chi connectivity index (χ2v) is 8.38. The van der Waals surface area contributed by atoms with E-state index >= 15 is 0 Å². The average molecular weight is 359 g/mol. The highest BCUT2D eigenvalue weighted by Crippen LogP contribution is 2.28. The summed E-state index contributed by atoms with van der Waals surface area (Å²) in [7, 11) is 0. The summed E-state index contributed by atoms with van der Waals surface area (Å²) in [4.78, 5) is 25.1. The van der Waals surface area contributed by atoms with Gasteiger partial charge in [0.2, 0.25) is 5.91 Å². The van der Waals surface area contributed by atoms with E-state index in [9.17, 15) is 4.79 Å². The number of hydrogen-bond acceptors (Lipinski definition) is 4. The number of nitrogens with zero attached hydrogens (tertiary/aromatic N) is 4. The lowest BCUT2D eigenvalue weighted by atomic mass is 9.90. The van der Waals surface area contributed by atoms with Crippen LogP contribution in [-0.4, -0.2) is 58.4 Å². The van der Waals surface area contributed by atoms with Crippen molar-refractivity contribution in [3.05, 3.63) is 23.8 Å². The Morgan fingerprint density at radius 1 is 1.08 bits per heavy atom. The first kappa shape index (κ1) is 19.3. The molecule has 2 saturated heterocycles. The fourth-order valence-corrected chi connectivity index (χ4v) is 4.25. The van der Waals surface area contributed by atoms with Crippen LogP contribution in [0.4, 0.5) is 0 Å². The monoisotopic (exact) mass is 358 g/mol. The largest absolute Gasteiger partial charge is 0.343 e. The maximum Gasteiger partial charge on any atom is 0.219 e. The van der Waals surface area contributed by atoms with Crippen molar-refractivity contribution in [2.24, 2.45) is 5.92 Å². The van der Waals surface area contributed by atoms with Gasteiger partial charge in [-0.3, -0.25) is 4.79 Å². The van der Waals surface area contributed by atoms with Crippen molar-refractivity contribution in [3.8, 4) is 0 Å². The Kier molecular flexibility index (Phi) is 6.63. The minimum atomic E-state index is 0.232. The second kappa shape index (κ2) is 8.94. The number of rotatable bonds is 5. The quantitative estimate of drug-likeness (QED) is 0.809. The first-order valence-corrected chi connectivity index (χ1v) is 10.3. The van der Waals surface area contributed by atoms with E-state index < -0.39 is 0 Å². The van der Waals surface area contributed by atoms with E-state index in [0.717, 1.165) is 24.8 Å². The molecule has 2 fully saturated rings. The summed E-state index contributed by atoms with van der Waals surface area (Å²) in [6.07, 6.45) is 10.2. The van der Waals surface area contributed by atoms with Gasteiger partial charge in [-0.1, -0.05) is 13.8 Å². The smallest absolute Gasteiger partial charge is 0.219 e. The van der Waals surface area contributed by atoms with Crippen molar-refractivity contribution in [1.82, 2.24) is 19.8 Å². The molecule has 0 unspecified atom stereocenters. The molecule has 1 amide bonds. The molecular weight excluding hydrogens is 324 g/mol. The van der Waals surface area contributed by atoms with Gasteiger partial charge in [-0.2, -0.15) is 0 Å². The van der Waals surface area contributed by atoms with E-state index in [2.05, 4.69) is 28.7 Å². The third-order valence-electron chi connectivity index (χ3n) is 6.18. The van der Waals surface area contributed by atoms with Crippen LogP contribution in [0.2, 0.25) is 0 Å². The first-order chi connectivity index (χ1) is 12.5. The van der Waals surface area contributed by atoms with Gasteiger partial charge >= 0.3 is 0 Å². The zero-order valence-electron chi connectivity index (χ0n) is 16.7. The molecule has 0 N–H and O–H groups in total. The number of piperidine rings is 2. The highest BCUT2D eigenvalue weighted by Gasteiger charge is 2.24. The van der Waals surface area contributed by atoms with Crippen LogP contribution in [0.1, 0.15) is 76.1 Å². The van der Waals surface area contributed by atoms with Gasteiger partial charge in [-0.15, -0.1) is 0 Å². The van der Waals surface area contributed by atoms with Gasteiger partial charge in [-0.25, -0.2) is 9.97 Å². The lowest BCUT2D eigenvalue weighted by Gasteiger charge is -2.35. The molecule has 0 aliphatic carbocycles. The van der Waals surface area contributed by atoms with Gasteiger partial charge in [0.1, 0.15) is 5.82 Å². The number of carbonyl (C=O) groups excluding carboxylic acids is 1. The molecule has 0 aromatic carbocycles. The van der Waals surface area contributed by atoms with Crippen molar-refractivity contribution >= 4 is 5.91 Å². The van der Waals surface area contributed by atoms with Gasteiger partial charge < -0.3 is 9.80 Å². The van der Waals surface area contributed by atoms with Crippen LogP contribution in [0.5, 0.6) is 0 Å². The average Bonchev–Trinajstić information content (AvgIpc) is 2.67. The Bertz CT molecular complexity index is 570. The van der Waals surface area contributed by atoms with Gasteiger partial charge in [-0.05, 0) is 69.1 Å². The molecule has 0 atom stereocenters. The topological polar surface area (TPSA) is 49.3 Å². The molecular formula is C21H34N4O. The molecule has 1 aromatic heterocycles. The lowest BCUT2D eigenvalue weighted by molar-refractivity contribution is -0.130. The third kappa shape index (κ3) is 5.03. The summed E-state index contributed by atoms with van der Waals surface area (Å²) in [5.41, 5.74) is 1.31. The number of hydrogen-bond donors (Lipinski definition) is 0. The predicted octanol–water partition coefficient (Wildman–Crippen LogP) is 3.43. The molecule has 3 rings (SSSR count). The van der Waals surface area contributed by atoms with Gasteiger partial charge in [0.05, 0.1) is 0 Å². The van der Waals surface area contributed by atoms with Crippen LogP contribution < -0.4 is 0 Å². The predicted molar refractivity (Wildman–Crippen MR) is 104 cm³/mol. The van der Waals surface area contributed by atoms with Crippen LogP contribution in [0.15, 0.2) is 12.4 Å². The molecule has 144 valence electrons. The maximum atomic E-state index is 11.4. The van der Waals surface area contributed by atoms with E-state index in [1.165, 1.54) is 57.3 Å². The van der Waals surface area contributed by atoms with Gasteiger partial charge in [0, 0.05) is 38.3 Å². The summed E-state index contributed by atoms with van der Waals surface area (Å²) in [5.74, 6) is 2.98. The van der Waals surface area contributed by atoms with Crippen molar-refractivity contribution < 1.29 is 4.79 Å². The Morgan fingerprint density at radius 2 is 1.69 bits per heavy atom. The molecule has 26 heavy (non-hydrogen) atoms. The van der Waals surface area contributed by atoms with Crippen molar-refractivity contribution in [3.63, 3.8) is 0 Å². The molecule has 5 heteroatoms. The number of amides is 1. The molecule has 0 spiro atoms. The third-order valence-corrected chi connectivity index (χ3v) is 6.18. The molecule has 2 aliphatic rings. The van der Waals surface area contributed by atoms with Crippen LogP contribution in [-0.2, 0) is 4.79 Å². The summed E-state index contributed by atoms with van der Waals surface area (Å²) in [6, 6.07) is 0. The van der Waals surface area contributed by atoms with E-state index in [1.54, 1.807) is 6.92 Å². The zero-order valence-corrected chi connectivity index (χ0v) is 16.7. The van der Waals surface area contributed by atoms with E-state index in [4.69, 9.17) is 0 Å². The zero-order chi connectivity index (χ0) is 18.5. The SMILES string of the molecule is CC(=O)N1CCC(CCN2CCC(c3cnc(C(C)C)nc3)CC2)CC1. The van der Waals surface area contributed by atoms with Crippen molar-refractivity contribution in [1.29, 1.82) is 0 Å². The Balaban J connectivity index is 1.38. The summed E-state index contributed by atoms with van der Waals surface area (Å²) >= 11 is 0. The number of aromatic nitrogens is 2. The Morgan fingerprint density at radius 3 is 2.23 bits per heavy atom. The van der Waals surface area contributed by atoms with Crippen LogP contribution in [0.25, 0.3) is 0 Å². The summed E-state index contributed by atoms with van der Waals surface area (Å²) in [5, 5.41) is 0. The van der Waals surface area contributed by atoms with Crippen LogP contribution in [0, 0.1) is 5.92 Å². The van der Waals surface area contributed by atoms with Crippen molar-refractivity contribution in [2.45, 2.75) is 64.7 Å². The van der Waals surface area contributed by atoms with Crippen LogP contribution >= 0.6 is 0 Å². The lowest BCUT2D eigenvalue weighted by Crippen LogP contribution is -2.39. The van der Waals surface area contributed by atoms with E-state index in [-0.39, 0.29) is 5.91 Å². The number of likely N-dealkylation sites (tertiary alicyclic amines) is 2. The molecule has 0 saturated carbocycles. The summed E-state index contributed by atoms with van der Waals surface area (Å²) < 4.78 is 0. The summed E-state index contributed by atoms with van der Waals surface area (Å²) in [6.45, 7) is 11.4. The molecule has 0 radical (unpaired) electrons.